The topological polar surface area (TPSA) is 66.5 Å². The van der Waals surface area contributed by atoms with Crippen molar-refractivity contribution < 1.29 is 17.6 Å². The van der Waals surface area contributed by atoms with Gasteiger partial charge in [-0.2, -0.15) is 0 Å². The highest BCUT2D eigenvalue weighted by Crippen LogP contribution is 2.36. The van der Waals surface area contributed by atoms with Crippen LogP contribution in [0, 0.1) is 5.82 Å². The number of nitrogens with zero attached hydrogens (tertiary/aromatic N) is 1. The molecule has 1 unspecified atom stereocenters. The summed E-state index contributed by atoms with van der Waals surface area (Å²) >= 11 is 5.78. The maximum Gasteiger partial charge on any atom is 0.243 e. The first-order chi connectivity index (χ1) is 9.35. The molecule has 20 heavy (non-hydrogen) atoms. The fourth-order valence-corrected chi connectivity index (χ4v) is 4.54. The standard InChI is InChI=1S/C12H12ClFN2O3S/c13-8-3-11-10(4-9(8)14)15-12(17)5-16(11)7-1-2-20(18,19)6-7/h3-4,7H,1-2,5-6H2,(H,15,17). The Balaban J connectivity index is 2.02. The van der Waals surface area contributed by atoms with Gasteiger partial charge in [0.1, 0.15) is 5.82 Å². The summed E-state index contributed by atoms with van der Waals surface area (Å²) in [6.07, 6.45) is 0.462. The van der Waals surface area contributed by atoms with E-state index in [9.17, 15) is 17.6 Å². The fraction of sp³-hybridized carbons (Fsp3) is 0.417. The summed E-state index contributed by atoms with van der Waals surface area (Å²) in [6.45, 7) is 0.0507. The summed E-state index contributed by atoms with van der Waals surface area (Å²) in [5.74, 6) is -0.787. The highest BCUT2D eigenvalue weighted by molar-refractivity contribution is 7.91. The molecule has 1 N–H and O–H groups in total. The first-order valence-corrected chi connectivity index (χ1v) is 8.31. The Labute approximate surface area is 120 Å². The van der Waals surface area contributed by atoms with Gasteiger partial charge in [0, 0.05) is 12.1 Å². The van der Waals surface area contributed by atoms with Crippen molar-refractivity contribution in [3.8, 4) is 0 Å². The van der Waals surface area contributed by atoms with Crippen LogP contribution in [-0.4, -0.2) is 38.4 Å². The number of carbonyl (C=O) groups is 1. The van der Waals surface area contributed by atoms with Crippen LogP contribution in [0.25, 0.3) is 0 Å². The second-order valence-corrected chi connectivity index (χ2v) is 7.65. The van der Waals surface area contributed by atoms with E-state index in [1.54, 1.807) is 4.90 Å². The summed E-state index contributed by atoms with van der Waals surface area (Å²) in [7, 11) is -3.06. The van der Waals surface area contributed by atoms with E-state index < -0.39 is 15.7 Å². The summed E-state index contributed by atoms with van der Waals surface area (Å²) in [6, 6.07) is 2.31. The lowest BCUT2D eigenvalue weighted by Crippen LogP contribution is -2.45. The predicted molar refractivity (Wildman–Crippen MR) is 74.4 cm³/mol. The van der Waals surface area contributed by atoms with Gasteiger partial charge in [-0.3, -0.25) is 4.79 Å². The molecule has 1 aromatic carbocycles. The maximum absolute atomic E-state index is 13.5. The van der Waals surface area contributed by atoms with Gasteiger partial charge < -0.3 is 10.2 Å². The molecule has 1 aromatic rings. The van der Waals surface area contributed by atoms with Gasteiger partial charge in [0.25, 0.3) is 0 Å². The molecule has 8 heteroatoms. The molecule has 0 spiro atoms. The van der Waals surface area contributed by atoms with E-state index in [2.05, 4.69) is 5.32 Å². The summed E-state index contributed by atoms with van der Waals surface area (Å²) in [5.41, 5.74) is 0.894. The van der Waals surface area contributed by atoms with Crippen molar-refractivity contribution in [2.45, 2.75) is 12.5 Å². The van der Waals surface area contributed by atoms with Crippen LogP contribution in [0.2, 0.25) is 5.02 Å². The van der Waals surface area contributed by atoms with Crippen LogP contribution >= 0.6 is 11.6 Å². The Morgan fingerprint density at radius 2 is 2.15 bits per heavy atom. The fourth-order valence-electron chi connectivity index (χ4n) is 2.65. The lowest BCUT2D eigenvalue weighted by molar-refractivity contribution is -0.115. The summed E-state index contributed by atoms with van der Waals surface area (Å²) in [5, 5.41) is 2.52. The van der Waals surface area contributed by atoms with Crippen LogP contribution in [0.4, 0.5) is 15.8 Å². The number of amides is 1. The predicted octanol–water partition coefficient (Wildman–Crippen LogP) is 1.42. The van der Waals surface area contributed by atoms with Crippen molar-refractivity contribution >= 4 is 38.7 Å². The smallest absolute Gasteiger partial charge is 0.243 e. The number of benzene rings is 1. The second kappa shape index (κ2) is 4.60. The number of rotatable bonds is 1. The van der Waals surface area contributed by atoms with E-state index in [4.69, 9.17) is 11.6 Å². The highest BCUT2D eigenvalue weighted by atomic mass is 35.5. The number of hydrogen-bond donors (Lipinski definition) is 1. The molecule has 2 heterocycles. The molecule has 108 valence electrons. The number of halogens is 2. The third-order valence-corrected chi connectivity index (χ3v) is 5.63. The van der Waals surface area contributed by atoms with Gasteiger partial charge in [-0.15, -0.1) is 0 Å². The van der Waals surface area contributed by atoms with Crippen LogP contribution in [0.1, 0.15) is 6.42 Å². The third kappa shape index (κ3) is 2.35. The Bertz CT molecular complexity index is 692. The van der Waals surface area contributed by atoms with Gasteiger partial charge in [0.05, 0.1) is 34.4 Å². The summed E-state index contributed by atoms with van der Waals surface area (Å²) < 4.78 is 36.6. The number of anilines is 2. The van der Waals surface area contributed by atoms with Gasteiger partial charge in [-0.05, 0) is 12.5 Å². The first-order valence-electron chi connectivity index (χ1n) is 6.12. The normalized spacial score (nSPS) is 24.4. The molecule has 1 atom stereocenters. The van der Waals surface area contributed by atoms with Crippen LogP contribution in [0.15, 0.2) is 12.1 Å². The van der Waals surface area contributed by atoms with Gasteiger partial charge >= 0.3 is 0 Å². The minimum absolute atomic E-state index is 0.00865. The molecule has 1 saturated heterocycles. The van der Waals surface area contributed by atoms with Crippen molar-refractivity contribution in [1.29, 1.82) is 0 Å². The third-order valence-electron chi connectivity index (χ3n) is 3.59. The molecule has 0 saturated carbocycles. The molecule has 1 fully saturated rings. The van der Waals surface area contributed by atoms with Gasteiger partial charge in [-0.1, -0.05) is 11.6 Å². The van der Waals surface area contributed by atoms with Crippen molar-refractivity contribution in [1.82, 2.24) is 0 Å². The zero-order chi connectivity index (χ0) is 14.5. The van der Waals surface area contributed by atoms with Crippen molar-refractivity contribution in [3.63, 3.8) is 0 Å². The monoisotopic (exact) mass is 318 g/mol. The van der Waals surface area contributed by atoms with E-state index in [1.165, 1.54) is 6.07 Å². The quantitative estimate of drug-likeness (QED) is 0.850. The van der Waals surface area contributed by atoms with E-state index in [1.807, 2.05) is 0 Å². The lowest BCUT2D eigenvalue weighted by atomic mass is 10.1. The second-order valence-electron chi connectivity index (χ2n) is 5.02. The number of nitrogens with one attached hydrogen (secondary N) is 1. The molecular weight excluding hydrogens is 307 g/mol. The molecule has 1 amide bonds. The average Bonchev–Trinajstić information content (AvgIpc) is 2.71. The number of sulfone groups is 1. The molecule has 0 aromatic heterocycles. The zero-order valence-electron chi connectivity index (χ0n) is 10.4. The molecule has 0 radical (unpaired) electrons. The van der Waals surface area contributed by atoms with Gasteiger partial charge in [-0.25, -0.2) is 12.8 Å². The Morgan fingerprint density at radius 3 is 2.80 bits per heavy atom. The zero-order valence-corrected chi connectivity index (χ0v) is 12.0. The molecular formula is C12H12ClFN2O3S. The number of hydrogen-bond acceptors (Lipinski definition) is 4. The van der Waals surface area contributed by atoms with Crippen LogP contribution in [-0.2, 0) is 14.6 Å². The molecule has 3 rings (SSSR count). The molecule has 5 nitrogen and oxygen atoms in total. The van der Waals surface area contributed by atoms with Crippen molar-refractivity contribution in [2.24, 2.45) is 0 Å². The van der Waals surface area contributed by atoms with Crippen molar-refractivity contribution in [3.05, 3.63) is 23.0 Å². The largest absolute Gasteiger partial charge is 0.356 e. The van der Waals surface area contributed by atoms with E-state index >= 15 is 0 Å². The van der Waals surface area contributed by atoms with Crippen LogP contribution in [0.5, 0.6) is 0 Å². The average molecular weight is 319 g/mol. The van der Waals surface area contributed by atoms with E-state index in [0.29, 0.717) is 17.8 Å². The Hall–Kier alpha value is -1.34. The van der Waals surface area contributed by atoms with Gasteiger partial charge in [0.15, 0.2) is 9.84 Å². The van der Waals surface area contributed by atoms with E-state index in [-0.39, 0.29) is 35.0 Å². The number of fused-ring (bicyclic) bond motifs is 1. The molecule has 0 bridgehead atoms. The van der Waals surface area contributed by atoms with Gasteiger partial charge in [0.2, 0.25) is 5.91 Å². The maximum atomic E-state index is 13.5. The minimum atomic E-state index is -3.06. The lowest BCUT2D eigenvalue weighted by Gasteiger charge is -2.35. The SMILES string of the molecule is O=C1CN(C2CCS(=O)(=O)C2)c2cc(Cl)c(F)cc2N1. The Kier molecular flexibility index (Phi) is 3.13. The minimum Gasteiger partial charge on any atom is -0.356 e. The van der Waals surface area contributed by atoms with E-state index in [0.717, 1.165) is 6.07 Å². The molecule has 2 aliphatic heterocycles. The Morgan fingerprint density at radius 1 is 1.40 bits per heavy atom. The first kappa shape index (κ1) is 13.6. The molecule has 0 aliphatic carbocycles. The molecule has 2 aliphatic rings. The van der Waals surface area contributed by atoms with Crippen LogP contribution < -0.4 is 10.2 Å². The van der Waals surface area contributed by atoms with Crippen LogP contribution in [0.3, 0.4) is 0 Å². The summed E-state index contributed by atoms with van der Waals surface area (Å²) in [4.78, 5) is 13.4. The highest BCUT2D eigenvalue weighted by Gasteiger charge is 2.36. The number of carbonyl (C=O) groups excluding carboxylic acids is 1. The van der Waals surface area contributed by atoms with Crippen molar-refractivity contribution in [2.75, 3.05) is 28.3 Å².